The summed E-state index contributed by atoms with van der Waals surface area (Å²) in [6, 6.07) is 3.43. The van der Waals surface area contributed by atoms with E-state index in [-0.39, 0.29) is 12.1 Å². The minimum Gasteiger partial charge on any atom is -0.465 e. The molecule has 0 aliphatic carbocycles. The molecule has 0 unspecified atom stereocenters. The Kier molecular flexibility index (Phi) is 4.60. The third-order valence-corrected chi connectivity index (χ3v) is 2.39. The Labute approximate surface area is 101 Å². The molecule has 5 nitrogen and oxygen atoms in total. The lowest BCUT2D eigenvalue weighted by Gasteiger charge is -2.23. The smallest absolute Gasteiger partial charge is 0.339 e. The van der Waals surface area contributed by atoms with E-state index in [0.29, 0.717) is 12.1 Å². The second kappa shape index (κ2) is 5.75. The highest BCUT2D eigenvalue weighted by Gasteiger charge is 2.15. The number of esters is 1. The van der Waals surface area contributed by atoms with Crippen molar-refractivity contribution in [3.63, 3.8) is 0 Å². The summed E-state index contributed by atoms with van der Waals surface area (Å²) in [5.74, 6) is -0.396. The summed E-state index contributed by atoms with van der Waals surface area (Å²) >= 11 is 0. The van der Waals surface area contributed by atoms with Crippen molar-refractivity contribution in [2.45, 2.75) is 25.9 Å². The maximum atomic E-state index is 11.2. The van der Waals surface area contributed by atoms with Gasteiger partial charge in [-0.3, -0.25) is 4.98 Å². The van der Waals surface area contributed by atoms with Crippen molar-refractivity contribution in [3.8, 4) is 0 Å². The predicted molar refractivity (Wildman–Crippen MR) is 63.6 cm³/mol. The number of nitrogens with zero attached hydrogens (tertiary/aromatic N) is 1. The lowest BCUT2D eigenvalue weighted by Crippen LogP contribution is -2.42. The van der Waals surface area contributed by atoms with Gasteiger partial charge in [0.05, 0.1) is 25.0 Å². The minimum absolute atomic E-state index is 0.0489. The lowest BCUT2D eigenvalue weighted by molar-refractivity contribution is 0.0600. The van der Waals surface area contributed by atoms with Crippen LogP contribution in [0.25, 0.3) is 0 Å². The molecular formula is C12H18N2O3. The highest BCUT2D eigenvalue weighted by Crippen LogP contribution is 2.05. The predicted octanol–water partition coefficient (Wildman–Crippen LogP) is 0.729. The third-order valence-electron chi connectivity index (χ3n) is 2.39. The summed E-state index contributed by atoms with van der Waals surface area (Å²) < 4.78 is 4.58. The van der Waals surface area contributed by atoms with E-state index in [9.17, 15) is 4.79 Å². The fourth-order valence-corrected chi connectivity index (χ4v) is 1.15. The van der Waals surface area contributed by atoms with Gasteiger partial charge in [0.15, 0.2) is 0 Å². The van der Waals surface area contributed by atoms with E-state index in [0.717, 1.165) is 5.69 Å². The van der Waals surface area contributed by atoms with Crippen LogP contribution in [0.15, 0.2) is 18.3 Å². The molecular weight excluding hydrogens is 220 g/mol. The Bertz CT molecular complexity index is 374. The molecule has 94 valence electrons. The number of hydrogen-bond acceptors (Lipinski definition) is 5. The molecule has 0 radical (unpaired) electrons. The Morgan fingerprint density at radius 1 is 1.53 bits per heavy atom. The maximum Gasteiger partial charge on any atom is 0.339 e. The molecule has 1 heterocycles. The largest absolute Gasteiger partial charge is 0.465 e. The van der Waals surface area contributed by atoms with Gasteiger partial charge in [0.2, 0.25) is 0 Å². The van der Waals surface area contributed by atoms with Gasteiger partial charge in [-0.2, -0.15) is 0 Å². The average molecular weight is 238 g/mol. The van der Waals surface area contributed by atoms with Crippen molar-refractivity contribution in [2.75, 3.05) is 13.7 Å². The molecule has 0 aromatic carbocycles. The molecule has 0 amide bonds. The van der Waals surface area contributed by atoms with Gasteiger partial charge in [-0.25, -0.2) is 4.79 Å². The van der Waals surface area contributed by atoms with Crippen molar-refractivity contribution in [1.29, 1.82) is 0 Å². The number of aromatic nitrogens is 1. The normalized spacial score (nSPS) is 11.3. The first kappa shape index (κ1) is 13.6. The van der Waals surface area contributed by atoms with Crippen LogP contribution in [0.4, 0.5) is 0 Å². The number of carbonyl (C=O) groups excluding carboxylic acids is 1. The Morgan fingerprint density at radius 2 is 2.24 bits per heavy atom. The van der Waals surface area contributed by atoms with Gasteiger partial charge in [0.25, 0.3) is 0 Å². The van der Waals surface area contributed by atoms with Gasteiger partial charge in [0.1, 0.15) is 0 Å². The fraction of sp³-hybridized carbons (Fsp3) is 0.500. The number of aliphatic hydroxyl groups is 1. The zero-order valence-electron chi connectivity index (χ0n) is 10.4. The van der Waals surface area contributed by atoms with Gasteiger partial charge in [-0.15, -0.1) is 0 Å². The Morgan fingerprint density at radius 3 is 2.71 bits per heavy atom. The highest BCUT2D eigenvalue weighted by atomic mass is 16.5. The molecule has 0 spiro atoms. The van der Waals surface area contributed by atoms with Gasteiger partial charge in [-0.1, -0.05) is 0 Å². The minimum atomic E-state index is -0.396. The molecule has 17 heavy (non-hydrogen) atoms. The first-order chi connectivity index (χ1) is 7.98. The zero-order valence-corrected chi connectivity index (χ0v) is 10.4. The van der Waals surface area contributed by atoms with E-state index < -0.39 is 5.97 Å². The van der Waals surface area contributed by atoms with Crippen LogP contribution in [0.2, 0.25) is 0 Å². The quantitative estimate of drug-likeness (QED) is 0.740. The van der Waals surface area contributed by atoms with Gasteiger partial charge in [-0.05, 0) is 26.0 Å². The molecule has 0 aliphatic heterocycles. The first-order valence-corrected chi connectivity index (χ1v) is 5.37. The third kappa shape index (κ3) is 4.13. The molecule has 1 aromatic rings. The van der Waals surface area contributed by atoms with Gasteiger partial charge >= 0.3 is 5.97 Å². The van der Waals surface area contributed by atoms with Gasteiger partial charge < -0.3 is 15.2 Å². The summed E-state index contributed by atoms with van der Waals surface area (Å²) in [5.41, 5.74) is 0.889. The van der Waals surface area contributed by atoms with Crippen LogP contribution in [0.5, 0.6) is 0 Å². The van der Waals surface area contributed by atoms with Crippen LogP contribution in [0.3, 0.4) is 0 Å². The van der Waals surface area contributed by atoms with Crippen molar-refractivity contribution < 1.29 is 14.6 Å². The number of hydrogen-bond donors (Lipinski definition) is 2. The molecule has 0 bridgehead atoms. The van der Waals surface area contributed by atoms with E-state index in [4.69, 9.17) is 5.11 Å². The number of carbonyl (C=O) groups is 1. The molecule has 0 aliphatic rings. The molecule has 0 atom stereocenters. The number of nitrogens with one attached hydrogen (secondary N) is 1. The van der Waals surface area contributed by atoms with Crippen LogP contribution in [-0.2, 0) is 11.3 Å². The van der Waals surface area contributed by atoms with E-state index in [2.05, 4.69) is 15.0 Å². The number of aliphatic hydroxyl groups excluding tert-OH is 1. The second-order valence-corrected chi connectivity index (χ2v) is 4.43. The summed E-state index contributed by atoms with van der Waals surface area (Å²) in [6.07, 6.45) is 1.48. The van der Waals surface area contributed by atoms with Crippen molar-refractivity contribution in [2.24, 2.45) is 0 Å². The van der Waals surface area contributed by atoms with Crippen LogP contribution in [0, 0.1) is 0 Å². The molecule has 0 saturated heterocycles. The van der Waals surface area contributed by atoms with E-state index >= 15 is 0 Å². The van der Waals surface area contributed by atoms with E-state index in [1.807, 2.05) is 13.8 Å². The standard InChI is InChI=1S/C12H18N2O3/c1-12(2,8-15)14-7-10-5-4-9(6-13-10)11(16)17-3/h4-6,14-15H,7-8H2,1-3H3. The maximum absolute atomic E-state index is 11.2. The molecule has 1 aromatic heterocycles. The molecule has 0 fully saturated rings. The van der Waals surface area contributed by atoms with Crippen molar-refractivity contribution in [3.05, 3.63) is 29.6 Å². The summed E-state index contributed by atoms with van der Waals surface area (Å²) in [6.45, 7) is 4.38. The highest BCUT2D eigenvalue weighted by molar-refractivity contribution is 5.88. The summed E-state index contributed by atoms with van der Waals surface area (Å²) in [4.78, 5) is 15.3. The second-order valence-electron chi connectivity index (χ2n) is 4.43. The number of methoxy groups -OCH3 is 1. The number of pyridine rings is 1. The Balaban J connectivity index is 2.60. The molecule has 0 saturated carbocycles. The van der Waals surface area contributed by atoms with Crippen LogP contribution in [0.1, 0.15) is 29.9 Å². The zero-order chi connectivity index (χ0) is 12.9. The number of rotatable bonds is 5. The van der Waals surface area contributed by atoms with E-state index in [1.54, 1.807) is 12.1 Å². The fourth-order valence-electron chi connectivity index (χ4n) is 1.15. The average Bonchev–Trinajstić information content (AvgIpc) is 2.36. The topological polar surface area (TPSA) is 71.5 Å². The van der Waals surface area contributed by atoms with Crippen LogP contribution >= 0.6 is 0 Å². The van der Waals surface area contributed by atoms with E-state index in [1.165, 1.54) is 13.3 Å². The molecule has 2 N–H and O–H groups in total. The SMILES string of the molecule is COC(=O)c1ccc(CNC(C)(C)CO)nc1. The number of ether oxygens (including phenoxy) is 1. The molecule has 1 rings (SSSR count). The van der Waals surface area contributed by atoms with Crippen molar-refractivity contribution >= 4 is 5.97 Å². The Hall–Kier alpha value is -1.46. The first-order valence-electron chi connectivity index (χ1n) is 5.37. The van der Waals surface area contributed by atoms with Crippen LogP contribution in [-0.4, -0.2) is 35.3 Å². The summed E-state index contributed by atoms with van der Waals surface area (Å²) in [5, 5.41) is 12.2. The monoisotopic (exact) mass is 238 g/mol. The van der Waals surface area contributed by atoms with Gasteiger partial charge in [0, 0.05) is 18.3 Å². The van der Waals surface area contributed by atoms with Crippen molar-refractivity contribution in [1.82, 2.24) is 10.3 Å². The molecule has 5 heteroatoms. The summed E-state index contributed by atoms with van der Waals surface area (Å²) in [7, 11) is 1.33. The lowest BCUT2D eigenvalue weighted by atomic mass is 10.1. The van der Waals surface area contributed by atoms with Crippen LogP contribution < -0.4 is 5.32 Å².